The third-order valence-electron chi connectivity index (χ3n) is 6.28. The normalized spacial score (nSPS) is 24.1. The predicted octanol–water partition coefficient (Wildman–Crippen LogP) is 0.870. The molecule has 0 N–H and O–H groups in total. The van der Waals surface area contributed by atoms with Crippen molar-refractivity contribution in [1.29, 1.82) is 0 Å². The minimum atomic E-state index is -2.99. The molecule has 0 amide bonds. The molecule has 3 aliphatic rings. The van der Waals surface area contributed by atoms with Gasteiger partial charge in [-0.2, -0.15) is 5.10 Å². The molecule has 0 unspecified atom stereocenters. The van der Waals surface area contributed by atoms with Crippen LogP contribution in [0.1, 0.15) is 43.4 Å². The molecule has 27 heavy (non-hydrogen) atoms. The Morgan fingerprint density at radius 3 is 2.56 bits per heavy atom. The van der Waals surface area contributed by atoms with Crippen molar-refractivity contribution in [2.75, 3.05) is 38.5 Å². The topological polar surface area (TPSA) is 75.5 Å². The monoisotopic (exact) mass is 394 g/mol. The fourth-order valence-electron chi connectivity index (χ4n) is 4.56. The molecule has 3 heterocycles. The van der Waals surface area contributed by atoms with Crippen LogP contribution in [0, 0.1) is 5.92 Å². The minimum absolute atomic E-state index is 0.0392. The van der Waals surface area contributed by atoms with Crippen molar-refractivity contribution in [2.45, 2.75) is 51.5 Å². The maximum absolute atomic E-state index is 12.4. The largest absolute Gasteiger partial charge is 0.302 e. The highest BCUT2D eigenvalue weighted by atomic mass is 32.2. The van der Waals surface area contributed by atoms with Gasteiger partial charge in [-0.1, -0.05) is 0 Å². The maximum Gasteiger partial charge on any atom is 0.267 e. The lowest BCUT2D eigenvalue weighted by Gasteiger charge is -2.32. The number of fused-ring (bicyclic) bond motifs is 1. The van der Waals surface area contributed by atoms with Crippen LogP contribution in [0.15, 0.2) is 10.9 Å². The number of piperidine rings is 1. The highest BCUT2D eigenvalue weighted by Crippen LogP contribution is 2.21. The summed E-state index contributed by atoms with van der Waals surface area (Å²) in [6, 6.07) is 1.80. The zero-order valence-electron chi connectivity index (χ0n) is 16.0. The molecule has 0 bridgehead atoms. The zero-order chi connectivity index (χ0) is 18.9. The molecule has 1 aliphatic carbocycles. The van der Waals surface area contributed by atoms with Gasteiger partial charge in [0, 0.05) is 32.2 Å². The summed E-state index contributed by atoms with van der Waals surface area (Å²) in [5, 5.41) is 4.65. The van der Waals surface area contributed by atoms with Gasteiger partial charge in [0.25, 0.3) is 5.56 Å². The highest BCUT2D eigenvalue weighted by molar-refractivity contribution is 7.89. The summed E-state index contributed by atoms with van der Waals surface area (Å²) < 4.78 is 27.1. The number of likely N-dealkylation sites (tertiary alicyclic amines) is 1. The first-order chi connectivity index (χ1) is 13.0. The number of nitrogens with zero attached hydrogens (tertiary/aromatic N) is 4. The van der Waals surface area contributed by atoms with Gasteiger partial charge in [-0.3, -0.25) is 4.79 Å². The van der Waals surface area contributed by atoms with E-state index in [1.165, 1.54) is 6.42 Å². The third kappa shape index (κ3) is 4.43. The van der Waals surface area contributed by atoms with Gasteiger partial charge in [0.15, 0.2) is 0 Å². The molecule has 4 rings (SSSR count). The van der Waals surface area contributed by atoms with Crippen molar-refractivity contribution in [3.63, 3.8) is 0 Å². The Kier molecular flexibility index (Phi) is 5.66. The summed E-state index contributed by atoms with van der Waals surface area (Å²) in [5.41, 5.74) is 2.30. The molecule has 0 radical (unpaired) electrons. The van der Waals surface area contributed by atoms with Crippen molar-refractivity contribution >= 4 is 10.0 Å². The van der Waals surface area contributed by atoms with E-state index in [1.807, 2.05) is 0 Å². The second-order valence-corrected chi connectivity index (χ2v) is 10.3. The summed E-state index contributed by atoms with van der Waals surface area (Å²) in [4.78, 5) is 14.7. The predicted molar refractivity (Wildman–Crippen MR) is 104 cm³/mol. The van der Waals surface area contributed by atoms with Crippen molar-refractivity contribution in [2.24, 2.45) is 5.92 Å². The van der Waals surface area contributed by atoms with Gasteiger partial charge in [0.1, 0.15) is 0 Å². The molecule has 2 saturated heterocycles. The van der Waals surface area contributed by atoms with Crippen LogP contribution in [0.5, 0.6) is 0 Å². The van der Waals surface area contributed by atoms with E-state index >= 15 is 0 Å². The van der Waals surface area contributed by atoms with Crippen molar-refractivity contribution < 1.29 is 8.42 Å². The van der Waals surface area contributed by atoms with Gasteiger partial charge < -0.3 is 4.90 Å². The average molecular weight is 395 g/mol. The van der Waals surface area contributed by atoms with E-state index in [0.717, 1.165) is 69.4 Å². The first-order valence-corrected chi connectivity index (χ1v) is 11.9. The molecule has 2 fully saturated rings. The number of hydrogen-bond donors (Lipinski definition) is 0. The average Bonchev–Trinajstić information content (AvgIpc) is 3.00. The van der Waals surface area contributed by atoms with Gasteiger partial charge in [-0.25, -0.2) is 17.4 Å². The fraction of sp³-hybridized carbons (Fsp3) is 0.789. The van der Waals surface area contributed by atoms with Gasteiger partial charge in [-0.05, 0) is 69.5 Å². The Morgan fingerprint density at radius 2 is 1.81 bits per heavy atom. The van der Waals surface area contributed by atoms with E-state index in [4.69, 9.17) is 0 Å². The number of aromatic nitrogens is 2. The fourth-order valence-corrected chi connectivity index (χ4v) is 6.08. The molecule has 150 valence electrons. The first-order valence-electron chi connectivity index (χ1n) is 10.3. The van der Waals surface area contributed by atoms with E-state index in [-0.39, 0.29) is 5.56 Å². The minimum Gasteiger partial charge on any atom is -0.302 e. The van der Waals surface area contributed by atoms with Crippen LogP contribution in [0.25, 0.3) is 0 Å². The molecule has 7 nitrogen and oxygen atoms in total. The van der Waals surface area contributed by atoms with Crippen LogP contribution in [0.3, 0.4) is 0 Å². The molecule has 0 saturated carbocycles. The molecule has 1 aromatic heterocycles. The van der Waals surface area contributed by atoms with E-state index < -0.39 is 10.0 Å². The SMILES string of the molecule is O=c1cc2c(nn1CC1CCN(CCN3CCCS3(=O)=O)CC1)CCCC2. The van der Waals surface area contributed by atoms with Crippen LogP contribution in [-0.2, 0) is 29.4 Å². The van der Waals surface area contributed by atoms with E-state index in [2.05, 4.69) is 10.00 Å². The van der Waals surface area contributed by atoms with Gasteiger partial charge in [0.05, 0.1) is 11.4 Å². The summed E-state index contributed by atoms with van der Waals surface area (Å²) in [6.07, 6.45) is 7.15. The van der Waals surface area contributed by atoms with Crippen molar-refractivity contribution in [1.82, 2.24) is 19.0 Å². The molecule has 0 aromatic carbocycles. The van der Waals surface area contributed by atoms with Crippen LogP contribution in [-0.4, -0.2) is 65.9 Å². The molecular weight excluding hydrogens is 364 g/mol. The lowest BCUT2D eigenvalue weighted by molar-refractivity contribution is 0.163. The Labute approximate surface area is 161 Å². The lowest BCUT2D eigenvalue weighted by atomic mass is 9.96. The molecule has 0 spiro atoms. The molecule has 1 aromatic rings. The first kappa shape index (κ1) is 19.1. The number of aryl methyl sites for hydroxylation is 2. The van der Waals surface area contributed by atoms with E-state index in [9.17, 15) is 13.2 Å². The summed E-state index contributed by atoms with van der Waals surface area (Å²) in [6.45, 7) is 4.74. The van der Waals surface area contributed by atoms with Gasteiger partial charge in [0.2, 0.25) is 10.0 Å². The molecule has 2 aliphatic heterocycles. The van der Waals surface area contributed by atoms with Gasteiger partial charge in [-0.15, -0.1) is 0 Å². The Balaban J connectivity index is 1.28. The quantitative estimate of drug-likeness (QED) is 0.741. The Morgan fingerprint density at radius 1 is 1.04 bits per heavy atom. The van der Waals surface area contributed by atoms with Crippen LogP contribution >= 0.6 is 0 Å². The highest BCUT2D eigenvalue weighted by Gasteiger charge is 2.29. The molecular formula is C19H30N4O3S. The number of rotatable bonds is 5. The Hall–Kier alpha value is -1.25. The Bertz CT molecular complexity index is 828. The van der Waals surface area contributed by atoms with Crippen LogP contribution in [0.4, 0.5) is 0 Å². The van der Waals surface area contributed by atoms with Crippen molar-refractivity contribution in [3.8, 4) is 0 Å². The van der Waals surface area contributed by atoms with E-state index in [1.54, 1.807) is 15.1 Å². The van der Waals surface area contributed by atoms with Crippen molar-refractivity contribution in [3.05, 3.63) is 27.7 Å². The summed E-state index contributed by atoms with van der Waals surface area (Å²) in [7, 11) is -2.99. The third-order valence-corrected chi connectivity index (χ3v) is 8.24. The number of sulfonamides is 1. The summed E-state index contributed by atoms with van der Waals surface area (Å²) in [5.74, 6) is 0.779. The van der Waals surface area contributed by atoms with Gasteiger partial charge >= 0.3 is 0 Å². The van der Waals surface area contributed by atoms with Crippen LogP contribution in [0.2, 0.25) is 0 Å². The smallest absolute Gasteiger partial charge is 0.267 e. The van der Waals surface area contributed by atoms with Crippen LogP contribution < -0.4 is 5.56 Å². The molecule has 0 atom stereocenters. The lowest BCUT2D eigenvalue weighted by Crippen LogP contribution is -2.41. The second-order valence-electron chi connectivity index (χ2n) is 8.20. The van der Waals surface area contributed by atoms with E-state index in [0.29, 0.717) is 31.3 Å². The second kappa shape index (κ2) is 8.01. The zero-order valence-corrected chi connectivity index (χ0v) is 16.8. The molecule has 8 heteroatoms. The summed E-state index contributed by atoms with van der Waals surface area (Å²) >= 11 is 0. The maximum atomic E-state index is 12.4. The standard InChI is InChI=1S/C19H30N4O3S/c24-19-14-17-4-1-2-5-18(17)20-23(19)15-16-6-9-21(10-7-16)11-12-22-8-3-13-27(22,25)26/h14,16H,1-13,15H2. The number of hydrogen-bond acceptors (Lipinski definition) is 5.